The fourth-order valence-corrected chi connectivity index (χ4v) is 8.07. The largest absolute Gasteiger partial charge is 0.350 e. The molecule has 3 saturated carbocycles. The van der Waals surface area contributed by atoms with Crippen LogP contribution >= 0.6 is 0 Å². The number of carbonyl (C=O) groups is 1. The molecule has 1 aromatic rings. The fraction of sp³-hybridized carbons (Fsp3) is 0.682. The van der Waals surface area contributed by atoms with E-state index in [1.54, 1.807) is 0 Å². The molecule has 3 nitrogen and oxygen atoms in total. The lowest BCUT2D eigenvalue weighted by molar-refractivity contribution is -0.247. The highest BCUT2D eigenvalue weighted by Gasteiger charge is 2.70. The molecular weight excluding hydrogens is 310 g/mol. The van der Waals surface area contributed by atoms with E-state index in [2.05, 4.69) is 29.2 Å². The maximum Gasteiger partial charge on any atom is 0.228 e. The highest BCUT2D eigenvalue weighted by Crippen LogP contribution is 2.66. The minimum Gasteiger partial charge on any atom is -0.350 e. The number of fused-ring (bicyclic) bond motifs is 9. The van der Waals surface area contributed by atoms with E-state index in [-0.39, 0.29) is 5.92 Å². The maximum atomic E-state index is 13.6. The van der Waals surface area contributed by atoms with Gasteiger partial charge in [-0.2, -0.15) is 0 Å². The molecule has 2 saturated heterocycles. The summed E-state index contributed by atoms with van der Waals surface area (Å²) in [6.45, 7) is 0.873. The van der Waals surface area contributed by atoms with Crippen LogP contribution in [0, 0.1) is 29.6 Å². The van der Waals surface area contributed by atoms with Crippen LogP contribution in [0.1, 0.15) is 55.6 Å². The van der Waals surface area contributed by atoms with E-state index in [4.69, 9.17) is 4.74 Å². The van der Waals surface area contributed by atoms with Gasteiger partial charge in [-0.25, -0.2) is 0 Å². The molecule has 1 amide bonds. The highest BCUT2D eigenvalue weighted by molar-refractivity contribution is 5.84. The summed E-state index contributed by atoms with van der Waals surface area (Å²) >= 11 is 0. The van der Waals surface area contributed by atoms with Gasteiger partial charge in [0.2, 0.25) is 5.91 Å². The van der Waals surface area contributed by atoms with Crippen LogP contribution in [0.4, 0.5) is 0 Å². The number of carbonyl (C=O) groups excluding carboxylic acids is 1. The summed E-state index contributed by atoms with van der Waals surface area (Å²) < 4.78 is 6.81. The fourth-order valence-electron chi connectivity index (χ4n) is 8.07. The average molecular weight is 335 g/mol. The van der Waals surface area contributed by atoms with Crippen molar-refractivity contribution in [1.82, 2.24) is 4.90 Å². The van der Waals surface area contributed by atoms with Gasteiger partial charge in [0.25, 0.3) is 0 Å². The van der Waals surface area contributed by atoms with Gasteiger partial charge in [0.15, 0.2) is 5.72 Å². The van der Waals surface area contributed by atoms with E-state index in [1.807, 2.05) is 0 Å². The zero-order valence-electron chi connectivity index (χ0n) is 14.6. The second-order valence-corrected chi connectivity index (χ2v) is 9.51. The van der Waals surface area contributed by atoms with Crippen molar-refractivity contribution in [3.8, 4) is 0 Å². The molecule has 4 bridgehead atoms. The molecule has 0 radical (unpaired) electrons. The van der Waals surface area contributed by atoms with Crippen molar-refractivity contribution in [1.29, 1.82) is 0 Å². The number of ether oxygens (including phenoxy) is 1. The van der Waals surface area contributed by atoms with Crippen molar-refractivity contribution in [3.63, 3.8) is 0 Å². The summed E-state index contributed by atoms with van der Waals surface area (Å²) in [5.41, 5.74) is 2.38. The first-order valence-corrected chi connectivity index (χ1v) is 10.4. The average Bonchev–Trinajstić information content (AvgIpc) is 3.34. The summed E-state index contributed by atoms with van der Waals surface area (Å²) in [4.78, 5) is 16.0. The van der Waals surface area contributed by atoms with Gasteiger partial charge in [-0.05, 0) is 61.8 Å². The van der Waals surface area contributed by atoms with Crippen LogP contribution < -0.4 is 0 Å². The molecule has 2 heterocycles. The van der Waals surface area contributed by atoms with Gasteiger partial charge in [0.1, 0.15) is 0 Å². The quantitative estimate of drug-likeness (QED) is 0.724. The SMILES string of the molecule is O=C1[C@H]2CC[C@@H]3C[C@H]2[C@@]2(OC[C@@H]4[C@H]5CC[C@H](C5)[C@@H]4N12)c1ccccc13. The first kappa shape index (κ1) is 13.8. The van der Waals surface area contributed by atoms with E-state index in [1.165, 1.54) is 36.8 Å². The molecule has 6 aliphatic rings. The molecule has 0 unspecified atom stereocenters. The van der Waals surface area contributed by atoms with E-state index >= 15 is 0 Å². The van der Waals surface area contributed by atoms with Gasteiger partial charge >= 0.3 is 0 Å². The van der Waals surface area contributed by atoms with E-state index in [0.29, 0.717) is 29.7 Å². The molecule has 0 N–H and O–H groups in total. The van der Waals surface area contributed by atoms with Gasteiger partial charge in [0.05, 0.1) is 6.61 Å². The Bertz CT molecular complexity index is 790. The van der Waals surface area contributed by atoms with Crippen LogP contribution in [-0.2, 0) is 15.3 Å². The van der Waals surface area contributed by atoms with Gasteiger partial charge in [-0.1, -0.05) is 24.3 Å². The van der Waals surface area contributed by atoms with Crippen molar-refractivity contribution in [2.45, 2.75) is 56.2 Å². The van der Waals surface area contributed by atoms with Crippen LogP contribution in [0.5, 0.6) is 0 Å². The van der Waals surface area contributed by atoms with Crippen LogP contribution in [0.2, 0.25) is 0 Å². The lowest BCUT2D eigenvalue weighted by atomic mass is 9.62. The Balaban J connectivity index is 1.48. The molecule has 0 aromatic heterocycles. The molecule has 5 fully saturated rings. The smallest absolute Gasteiger partial charge is 0.228 e. The predicted octanol–water partition coefficient (Wildman–Crippen LogP) is 3.64. The van der Waals surface area contributed by atoms with Gasteiger partial charge in [-0.15, -0.1) is 0 Å². The number of hydrogen-bond acceptors (Lipinski definition) is 2. The third kappa shape index (κ3) is 1.38. The Kier molecular flexibility index (Phi) is 2.38. The van der Waals surface area contributed by atoms with Gasteiger partial charge in [0, 0.05) is 29.4 Å². The maximum absolute atomic E-state index is 13.6. The topological polar surface area (TPSA) is 29.5 Å². The van der Waals surface area contributed by atoms with Gasteiger partial charge in [-0.3, -0.25) is 4.79 Å². The molecule has 8 atom stereocenters. The van der Waals surface area contributed by atoms with E-state index in [0.717, 1.165) is 31.3 Å². The normalized spacial score (nSPS) is 51.3. The Morgan fingerprint density at radius 1 is 1.04 bits per heavy atom. The zero-order valence-corrected chi connectivity index (χ0v) is 14.6. The standard InChI is InChI=1S/C22H25NO2/c24-21-16-8-7-13-10-19(16)22(18-4-2-1-3-15(13)18)23(21)20-14-6-5-12(9-14)17(20)11-25-22/h1-4,12-14,16-17,19-20H,5-11H2/t12-,13+,14+,16-,17+,19+,20-,22-/m0/s1. The number of benzene rings is 1. The number of nitrogens with zero attached hydrogens (tertiary/aromatic N) is 1. The molecular formula is C22H25NO2. The minimum absolute atomic E-state index is 0.211. The van der Waals surface area contributed by atoms with Gasteiger partial charge < -0.3 is 9.64 Å². The Morgan fingerprint density at radius 3 is 2.88 bits per heavy atom. The third-order valence-electron chi connectivity index (χ3n) is 8.89. The first-order valence-electron chi connectivity index (χ1n) is 10.4. The third-order valence-corrected chi connectivity index (χ3v) is 8.89. The predicted molar refractivity (Wildman–Crippen MR) is 92.6 cm³/mol. The van der Waals surface area contributed by atoms with Crippen LogP contribution in [0.3, 0.4) is 0 Å². The number of amides is 1. The molecule has 4 aliphatic carbocycles. The number of hydrogen-bond donors (Lipinski definition) is 0. The molecule has 7 rings (SSSR count). The molecule has 3 heteroatoms. The molecule has 1 aromatic carbocycles. The Labute approximate surface area is 148 Å². The zero-order chi connectivity index (χ0) is 16.3. The lowest BCUT2D eigenvalue weighted by Gasteiger charge is -2.56. The van der Waals surface area contributed by atoms with Crippen molar-refractivity contribution < 1.29 is 9.53 Å². The Hall–Kier alpha value is -1.35. The molecule has 130 valence electrons. The Morgan fingerprint density at radius 2 is 1.92 bits per heavy atom. The lowest BCUT2D eigenvalue weighted by Crippen LogP contribution is -2.63. The first-order chi connectivity index (χ1) is 12.3. The molecule has 2 aliphatic heterocycles. The molecule has 1 spiro atoms. The van der Waals surface area contributed by atoms with E-state index < -0.39 is 5.72 Å². The second-order valence-electron chi connectivity index (χ2n) is 9.51. The van der Waals surface area contributed by atoms with E-state index in [9.17, 15) is 4.79 Å². The summed E-state index contributed by atoms with van der Waals surface area (Å²) in [5, 5.41) is 0. The number of rotatable bonds is 0. The minimum atomic E-state index is -0.430. The highest BCUT2D eigenvalue weighted by atomic mass is 16.5. The van der Waals surface area contributed by atoms with Crippen LogP contribution in [0.15, 0.2) is 24.3 Å². The van der Waals surface area contributed by atoms with Crippen LogP contribution in [-0.4, -0.2) is 23.5 Å². The summed E-state index contributed by atoms with van der Waals surface area (Å²) in [6.07, 6.45) is 7.40. The summed E-state index contributed by atoms with van der Waals surface area (Å²) in [6, 6.07) is 9.36. The molecule has 25 heavy (non-hydrogen) atoms. The van der Waals surface area contributed by atoms with Crippen LogP contribution in [0.25, 0.3) is 0 Å². The summed E-state index contributed by atoms with van der Waals surface area (Å²) in [5.74, 6) is 3.79. The summed E-state index contributed by atoms with van der Waals surface area (Å²) in [7, 11) is 0. The van der Waals surface area contributed by atoms with Crippen molar-refractivity contribution in [2.75, 3.05) is 6.61 Å². The monoisotopic (exact) mass is 335 g/mol. The second kappa shape index (κ2) is 4.31. The van der Waals surface area contributed by atoms with Crippen molar-refractivity contribution >= 4 is 5.91 Å². The van der Waals surface area contributed by atoms with Crippen molar-refractivity contribution in [2.24, 2.45) is 29.6 Å². The van der Waals surface area contributed by atoms with Crippen molar-refractivity contribution in [3.05, 3.63) is 35.4 Å².